The van der Waals surface area contributed by atoms with E-state index < -0.39 is 12.0 Å². The van der Waals surface area contributed by atoms with E-state index in [1.165, 1.54) is 4.90 Å². The number of nitrogens with zero attached hydrogens (tertiary/aromatic N) is 1. The minimum Gasteiger partial charge on any atom is -0.480 e. The van der Waals surface area contributed by atoms with Crippen molar-refractivity contribution in [2.24, 2.45) is 0 Å². The molecule has 1 aliphatic carbocycles. The zero-order chi connectivity index (χ0) is 10.8. The van der Waals surface area contributed by atoms with Crippen molar-refractivity contribution < 1.29 is 14.7 Å². The highest BCUT2D eigenvalue weighted by Crippen LogP contribution is 2.21. The molecule has 0 aromatic rings. The van der Waals surface area contributed by atoms with E-state index in [-0.39, 0.29) is 18.6 Å². The second-order valence-electron chi connectivity index (χ2n) is 3.87. The van der Waals surface area contributed by atoms with Gasteiger partial charge in [-0.3, -0.25) is 0 Å². The predicted molar refractivity (Wildman–Crippen MR) is 53.4 cm³/mol. The van der Waals surface area contributed by atoms with Crippen LogP contribution in [-0.2, 0) is 4.79 Å². The molecule has 5 nitrogen and oxygen atoms in total. The Kier molecular flexibility index (Phi) is 2.62. The van der Waals surface area contributed by atoms with Gasteiger partial charge in [0.25, 0.3) is 0 Å². The van der Waals surface area contributed by atoms with E-state index in [0.29, 0.717) is 0 Å². The summed E-state index contributed by atoms with van der Waals surface area (Å²) in [7, 11) is 0. The molecule has 1 saturated heterocycles. The highest BCUT2D eigenvalue weighted by Gasteiger charge is 2.39. The lowest BCUT2D eigenvalue weighted by Gasteiger charge is -2.29. The van der Waals surface area contributed by atoms with Gasteiger partial charge in [0.2, 0.25) is 0 Å². The summed E-state index contributed by atoms with van der Waals surface area (Å²) >= 11 is 0. The molecule has 0 radical (unpaired) electrons. The normalized spacial score (nSPS) is 30.4. The van der Waals surface area contributed by atoms with Crippen LogP contribution in [0.5, 0.6) is 0 Å². The molecule has 15 heavy (non-hydrogen) atoms. The van der Waals surface area contributed by atoms with Gasteiger partial charge in [-0.2, -0.15) is 0 Å². The van der Waals surface area contributed by atoms with Gasteiger partial charge < -0.3 is 15.3 Å². The maximum atomic E-state index is 11.5. The average molecular weight is 210 g/mol. The molecule has 2 unspecified atom stereocenters. The molecule has 2 atom stereocenters. The molecule has 2 N–H and O–H groups in total. The van der Waals surface area contributed by atoms with Gasteiger partial charge in [0.15, 0.2) is 0 Å². The van der Waals surface area contributed by atoms with E-state index in [1.807, 2.05) is 12.2 Å². The topological polar surface area (TPSA) is 69.6 Å². The van der Waals surface area contributed by atoms with Crippen LogP contribution in [0, 0.1) is 0 Å². The molecule has 0 saturated carbocycles. The maximum absolute atomic E-state index is 11.5. The standard InChI is InChI=1S/C10H14N2O3/c13-9(14)8-6-11-10(15)12(8)7-4-2-1-3-5-7/h2,4,7-8H,1,3,5-6H2,(H,11,15)(H,13,14). The number of carboxylic acid groups (broad SMARTS) is 1. The Morgan fingerprint density at radius 3 is 3.00 bits per heavy atom. The van der Waals surface area contributed by atoms with Crippen molar-refractivity contribution in [3.05, 3.63) is 12.2 Å². The molecule has 1 aliphatic heterocycles. The smallest absolute Gasteiger partial charge is 0.328 e. The molecule has 0 aromatic carbocycles. The van der Waals surface area contributed by atoms with Crippen LogP contribution in [0.4, 0.5) is 4.79 Å². The molecular formula is C10H14N2O3. The highest BCUT2D eigenvalue weighted by atomic mass is 16.4. The molecule has 0 spiro atoms. The predicted octanol–water partition coefficient (Wildman–Crippen LogP) is 0.574. The number of allylic oxidation sites excluding steroid dienone is 1. The van der Waals surface area contributed by atoms with Gasteiger partial charge in [0.05, 0.1) is 12.6 Å². The van der Waals surface area contributed by atoms with Crippen LogP contribution in [0.25, 0.3) is 0 Å². The molecule has 1 fully saturated rings. The van der Waals surface area contributed by atoms with Crippen molar-refractivity contribution in [3.8, 4) is 0 Å². The summed E-state index contributed by atoms with van der Waals surface area (Å²) in [6, 6.07) is -1.04. The van der Waals surface area contributed by atoms with Crippen LogP contribution in [0.1, 0.15) is 19.3 Å². The summed E-state index contributed by atoms with van der Waals surface area (Å²) in [5, 5.41) is 11.5. The summed E-state index contributed by atoms with van der Waals surface area (Å²) in [6.07, 6.45) is 6.83. The fourth-order valence-electron chi connectivity index (χ4n) is 2.13. The van der Waals surface area contributed by atoms with E-state index in [9.17, 15) is 9.59 Å². The largest absolute Gasteiger partial charge is 0.480 e. The first kappa shape index (κ1) is 10.0. The fraction of sp³-hybridized carbons (Fsp3) is 0.600. The number of rotatable bonds is 2. The first-order chi connectivity index (χ1) is 7.20. The lowest BCUT2D eigenvalue weighted by atomic mass is 10.0. The van der Waals surface area contributed by atoms with Gasteiger partial charge in [-0.1, -0.05) is 12.2 Å². The van der Waals surface area contributed by atoms with Crippen molar-refractivity contribution in [1.29, 1.82) is 0 Å². The molecule has 1 heterocycles. The lowest BCUT2D eigenvalue weighted by Crippen LogP contribution is -2.46. The third kappa shape index (κ3) is 1.82. The Labute approximate surface area is 87.7 Å². The number of carbonyl (C=O) groups is 2. The summed E-state index contributed by atoms with van der Waals surface area (Å²) < 4.78 is 0. The fourth-order valence-corrected chi connectivity index (χ4v) is 2.13. The van der Waals surface area contributed by atoms with Gasteiger partial charge in [0, 0.05) is 0 Å². The van der Waals surface area contributed by atoms with E-state index in [2.05, 4.69) is 5.32 Å². The van der Waals surface area contributed by atoms with Crippen LogP contribution in [0.3, 0.4) is 0 Å². The minimum absolute atomic E-state index is 0.0534. The van der Waals surface area contributed by atoms with E-state index in [0.717, 1.165) is 19.3 Å². The van der Waals surface area contributed by atoms with Crippen LogP contribution in [0.15, 0.2) is 12.2 Å². The quantitative estimate of drug-likeness (QED) is 0.655. The van der Waals surface area contributed by atoms with Gasteiger partial charge in [0.1, 0.15) is 6.04 Å². The van der Waals surface area contributed by atoms with Crippen LogP contribution >= 0.6 is 0 Å². The number of nitrogens with one attached hydrogen (secondary N) is 1. The summed E-state index contributed by atoms with van der Waals surface area (Å²) in [5.74, 6) is -0.938. The Morgan fingerprint density at radius 2 is 2.40 bits per heavy atom. The van der Waals surface area contributed by atoms with Crippen molar-refractivity contribution in [2.75, 3.05) is 6.54 Å². The Hall–Kier alpha value is -1.52. The third-order valence-corrected chi connectivity index (χ3v) is 2.89. The minimum atomic E-state index is -0.938. The number of carboxylic acids is 1. The van der Waals surface area contributed by atoms with Gasteiger partial charge >= 0.3 is 12.0 Å². The molecule has 2 aliphatic rings. The highest BCUT2D eigenvalue weighted by molar-refractivity contribution is 5.87. The van der Waals surface area contributed by atoms with E-state index in [1.54, 1.807) is 0 Å². The van der Waals surface area contributed by atoms with Crippen LogP contribution < -0.4 is 5.32 Å². The zero-order valence-corrected chi connectivity index (χ0v) is 8.35. The molecule has 2 amide bonds. The Bertz CT molecular complexity index is 314. The molecule has 82 valence electrons. The molecule has 2 rings (SSSR count). The number of hydrogen-bond acceptors (Lipinski definition) is 2. The first-order valence-corrected chi connectivity index (χ1v) is 5.16. The second-order valence-corrected chi connectivity index (χ2v) is 3.87. The average Bonchev–Trinajstić information content (AvgIpc) is 2.61. The summed E-state index contributed by atoms with van der Waals surface area (Å²) in [5.41, 5.74) is 0. The lowest BCUT2D eigenvalue weighted by molar-refractivity contribution is -0.141. The third-order valence-electron chi connectivity index (χ3n) is 2.89. The van der Waals surface area contributed by atoms with Crippen molar-refractivity contribution in [2.45, 2.75) is 31.3 Å². The number of carbonyl (C=O) groups excluding carboxylic acids is 1. The Balaban J connectivity index is 2.16. The Morgan fingerprint density at radius 1 is 1.60 bits per heavy atom. The van der Waals surface area contributed by atoms with Crippen LogP contribution in [0.2, 0.25) is 0 Å². The SMILES string of the molecule is O=C(O)C1CNC(=O)N1C1C=CCCC1. The maximum Gasteiger partial charge on any atom is 0.328 e. The first-order valence-electron chi connectivity index (χ1n) is 5.16. The zero-order valence-electron chi connectivity index (χ0n) is 8.35. The monoisotopic (exact) mass is 210 g/mol. The number of urea groups is 1. The van der Waals surface area contributed by atoms with Gasteiger partial charge in [-0.25, -0.2) is 9.59 Å². The van der Waals surface area contributed by atoms with Crippen molar-refractivity contribution in [1.82, 2.24) is 10.2 Å². The number of amides is 2. The summed E-state index contributed by atoms with van der Waals surface area (Å²) in [4.78, 5) is 23.9. The van der Waals surface area contributed by atoms with Crippen molar-refractivity contribution >= 4 is 12.0 Å². The van der Waals surface area contributed by atoms with Crippen LogP contribution in [-0.4, -0.2) is 40.6 Å². The number of aliphatic carboxylic acids is 1. The molecular weight excluding hydrogens is 196 g/mol. The number of hydrogen-bond donors (Lipinski definition) is 2. The molecule has 0 aromatic heterocycles. The second kappa shape index (κ2) is 3.92. The van der Waals surface area contributed by atoms with Gasteiger partial charge in [-0.05, 0) is 19.3 Å². The van der Waals surface area contributed by atoms with Gasteiger partial charge in [-0.15, -0.1) is 0 Å². The van der Waals surface area contributed by atoms with E-state index in [4.69, 9.17) is 5.11 Å². The van der Waals surface area contributed by atoms with E-state index >= 15 is 0 Å². The summed E-state index contributed by atoms with van der Waals surface area (Å²) in [6.45, 7) is 0.207. The molecule has 0 bridgehead atoms. The molecule has 5 heteroatoms. The van der Waals surface area contributed by atoms with Crippen molar-refractivity contribution in [3.63, 3.8) is 0 Å².